The van der Waals surface area contributed by atoms with Gasteiger partial charge in [-0.3, -0.25) is 4.79 Å². The van der Waals surface area contributed by atoms with Crippen LogP contribution in [0.25, 0.3) is 0 Å². The van der Waals surface area contributed by atoms with Gasteiger partial charge in [-0.2, -0.15) is 0 Å². The number of amides is 1. The summed E-state index contributed by atoms with van der Waals surface area (Å²) in [7, 11) is 0. The fourth-order valence-electron chi connectivity index (χ4n) is 4.00. The van der Waals surface area contributed by atoms with Crippen LogP contribution in [0.2, 0.25) is 0 Å². The molecule has 1 N–H and O–H groups in total. The lowest BCUT2D eigenvalue weighted by molar-refractivity contribution is -0.123. The van der Waals surface area contributed by atoms with Crippen LogP contribution in [-0.4, -0.2) is 11.9 Å². The van der Waals surface area contributed by atoms with E-state index in [1.165, 1.54) is 19.3 Å². The smallest absolute Gasteiger partial charge is 0.232 e. The van der Waals surface area contributed by atoms with Crippen LogP contribution in [0.5, 0.6) is 0 Å². The van der Waals surface area contributed by atoms with Gasteiger partial charge in [0.2, 0.25) is 5.91 Å². The van der Waals surface area contributed by atoms with Crippen molar-refractivity contribution in [2.45, 2.75) is 45.1 Å². The zero-order valence-corrected chi connectivity index (χ0v) is 14.6. The molecule has 2 nitrogen and oxygen atoms in total. The average molecular weight is 321 g/mol. The number of carbonyl (C=O) groups is 1. The van der Waals surface area contributed by atoms with E-state index in [2.05, 4.69) is 19.2 Å². The Morgan fingerprint density at radius 2 is 1.33 bits per heavy atom. The van der Waals surface area contributed by atoms with Crippen molar-refractivity contribution in [1.29, 1.82) is 0 Å². The maximum atomic E-state index is 13.2. The molecule has 0 radical (unpaired) electrons. The minimum atomic E-state index is -0.242. The highest BCUT2D eigenvalue weighted by molar-refractivity contribution is 5.87. The zero-order valence-electron chi connectivity index (χ0n) is 14.6. The number of hydrogen-bond donors (Lipinski definition) is 1. The second-order valence-corrected chi connectivity index (χ2v) is 7.17. The third kappa shape index (κ3) is 3.69. The predicted molar refractivity (Wildman–Crippen MR) is 98.8 cm³/mol. The normalized spacial score (nSPS) is 23.9. The number of nitrogens with one attached hydrogen (secondary N) is 1. The molecule has 0 saturated heterocycles. The summed E-state index contributed by atoms with van der Waals surface area (Å²) in [6.07, 6.45) is 3.68. The van der Waals surface area contributed by atoms with E-state index in [9.17, 15) is 4.79 Å². The molecule has 2 heteroatoms. The van der Waals surface area contributed by atoms with E-state index in [0.29, 0.717) is 11.8 Å². The first-order valence-electron chi connectivity index (χ1n) is 9.07. The molecule has 1 saturated carbocycles. The fourth-order valence-corrected chi connectivity index (χ4v) is 4.00. The van der Waals surface area contributed by atoms with Gasteiger partial charge in [0.1, 0.15) is 0 Å². The monoisotopic (exact) mass is 321 g/mol. The molecule has 24 heavy (non-hydrogen) atoms. The lowest BCUT2D eigenvalue weighted by atomic mass is 9.78. The molecule has 0 heterocycles. The van der Waals surface area contributed by atoms with Crippen LogP contribution in [0.4, 0.5) is 0 Å². The third-order valence-electron chi connectivity index (χ3n) is 5.38. The van der Waals surface area contributed by atoms with Crippen molar-refractivity contribution in [3.63, 3.8) is 0 Å². The highest BCUT2D eigenvalue weighted by Crippen LogP contribution is 2.31. The predicted octanol–water partition coefficient (Wildman–Crippen LogP) is 4.76. The minimum absolute atomic E-state index is 0.123. The lowest BCUT2D eigenvalue weighted by Crippen LogP contribution is -2.47. The molecule has 0 aromatic heterocycles. The summed E-state index contributed by atoms with van der Waals surface area (Å²) in [6.45, 7) is 4.53. The SMILES string of the molecule is C[C@@H]1CCC[C@H](C)C1NC(=O)C(c1ccccc1)c1ccccc1. The quantitative estimate of drug-likeness (QED) is 0.864. The fraction of sp³-hybridized carbons (Fsp3) is 0.409. The number of carbonyl (C=O) groups excluding carboxylic acids is 1. The van der Waals surface area contributed by atoms with Gasteiger partial charge in [-0.1, -0.05) is 80.9 Å². The Morgan fingerprint density at radius 1 is 0.875 bits per heavy atom. The lowest BCUT2D eigenvalue weighted by Gasteiger charge is -2.36. The standard InChI is InChI=1S/C22H27NO/c1-16-10-9-11-17(2)21(16)23-22(24)20(18-12-5-3-6-13-18)19-14-7-4-8-15-19/h3-8,12-17,20-21H,9-11H2,1-2H3,(H,23,24)/t16-,17+,21?. The molecule has 1 fully saturated rings. The van der Waals surface area contributed by atoms with Gasteiger partial charge < -0.3 is 5.32 Å². The van der Waals surface area contributed by atoms with E-state index in [-0.39, 0.29) is 17.9 Å². The van der Waals surface area contributed by atoms with Gasteiger partial charge in [-0.05, 0) is 35.8 Å². The Hall–Kier alpha value is -2.09. The highest BCUT2D eigenvalue weighted by atomic mass is 16.2. The van der Waals surface area contributed by atoms with Gasteiger partial charge >= 0.3 is 0 Å². The summed E-state index contributed by atoms with van der Waals surface area (Å²) >= 11 is 0. The van der Waals surface area contributed by atoms with Gasteiger partial charge in [0.25, 0.3) is 0 Å². The van der Waals surface area contributed by atoms with Gasteiger partial charge in [0.15, 0.2) is 0 Å². The van der Waals surface area contributed by atoms with Crippen molar-refractivity contribution in [2.75, 3.05) is 0 Å². The second-order valence-electron chi connectivity index (χ2n) is 7.17. The van der Waals surface area contributed by atoms with Gasteiger partial charge in [-0.25, -0.2) is 0 Å². The maximum absolute atomic E-state index is 13.2. The number of benzene rings is 2. The molecule has 1 aliphatic carbocycles. The van der Waals surface area contributed by atoms with Crippen molar-refractivity contribution in [3.8, 4) is 0 Å². The van der Waals surface area contributed by atoms with Gasteiger partial charge in [0.05, 0.1) is 5.92 Å². The van der Waals surface area contributed by atoms with E-state index >= 15 is 0 Å². The maximum Gasteiger partial charge on any atom is 0.232 e. The van der Waals surface area contributed by atoms with Crippen molar-refractivity contribution in [2.24, 2.45) is 11.8 Å². The molecule has 3 atom stereocenters. The summed E-state index contributed by atoms with van der Waals surface area (Å²) in [5, 5.41) is 3.38. The average Bonchev–Trinajstić information content (AvgIpc) is 2.60. The molecule has 2 aromatic carbocycles. The van der Waals surface area contributed by atoms with Crippen LogP contribution in [0, 0.1) is 11.8 Å². The summed E-state index contributed by atoms with van der Waals surface area (Å²) in [5.74, 6) is 0.974. The Balaban J connectivity index is 1.87. The van der Waals surface area contributed by atoms with Crippen LogP contribution >= 0.6 is 0 Å². The first-order chi connectivity index (χ1) is 11.7. The summed E-state index contributed by atoms with van der Waals surface area (Å²) in [4.78, 5) is 13.2. The van der Waals surface area contributed by atoms with Crippen LogP contribution < -0.4 is 5.32 Å². The first kappa shape index (κ1) is 16.8. The molecular weight excluding hydrogens is 294 g/mol. The van der Waals surface area contributed by atoms with E-state index in [1.54, 1.807) is 0 Å². The van der Waals surface area contributed by atoms with Crippen molar-refractivity contribution < 1.29 is 4.79 Å². The van der Waals surface area contributed by atoms with E-state index in [0.717, 1.165) is 11.1 Å². The first-order valence-corrected chi connectivity index (χ1v) is 9.07. The number of rotatable bonds is 4. The molecular formula is C22H27NO. The summed E-state index contributed by atoms with van der Waals surface area (Å²) in [6, 6.07) is 20.5. The zero-order chi connectivity index (χ0) is 16.9. The molecule has 0 bridgehead atoms. The van der Waals surface area contributed by atoms with Crippen molar-refractivity contribution in [1.82, 2.24) is 5.32 Å². The van der Waals surface area contributed by atoms with E-state index < -0.39 is 0 Å². The molecule has 126 valence electrons. The largest absolute Gasteiger partial charge is 0.352 e. The highest BCUT2D eigenvalue weighted by Gasteiger charge is 2.32. The molecule has 3 rings (SSSR count). The summed E-state index contributed by atoms with van der Waals surface area (Å²) < 4.78 is 0. The Kier molecular flexibility index (Phi) is 5.34. The topological polar surface area (TPSA) is 29.1 Å². The van der Waals surface area contributed by atoms with Gasteiger partial charge in [0, 0.05) is 6.04 Å². The molecule has 0 aliphatic heterocycles. The van der Waals surface area contributed by atoms with Crippen LogP contribution in [0.3, 0.4) is 0 Å². The van der Waals surface area contributed by atoms with Crippen molar-refractivity contribution in [3.05, 3.63) is 71.8 Å². The molecule has 2 aromatic rings. The van der Waals surface area contributed by atoms with Gasteiger partial charge in [-0.15, -0.1) is 0 Å². The van der Waals surface area contributed by atoms with E-state index in [4.69, 9.17) is 0 Å². The second kappa shape index (κ2) is 7.65. The van der Waals surface area contributed by atoms with E-state index in [1.807, 2.05) is 60.7 Å². The van der Waals surface area contributed by atoms with Crippen molar-refractivity contribution >= 4 is 5.91 Å². The number of hydrogen-bond acceptors (Lipinski definition) is 1. The van der Waals surface area contributed by atoms with Crippen LogP contribution in [0.1, 0.15) is 50.2 Å². The van der Waals surface area contributed by atoms with Crippen LogP contribution in [0.15, 0.2) is 60.7 Å². The Bertz CT molecular complexity index is 603. The third-order valence-corrected chi connectivity index (χ3v) is 5.38. The minimum Gasteiger partial charge on any atom is -0.352 e. The molecule has 1 unspecified atom stereocenters. The molecule has 0 spiro atoms. The van der Waals surface area contributed by atoms with Crippen LogP contribution in [-0.2, 0) is 4.79 Å². The molecule has 1 aliphatic rings. The Labute approximate surface area is 145 Å². The summed E-state index contributed by atoms with van der Waals surface area (Å²) in [5.41, 5.74) is 2.11. The molecule has 1 amide bonds. The Morgan fingerprint density at radius 3 is 1.79 bits per heavy atom.